The number of aromatic nitrogens is 4. The Morgan fingerprint density at radius 1 is 0.859 bits per heavy atom. The summed E-state index contributed by atoms with van der Waals surface area (Å²) in [7, 11) is 1.24. The molecule has 2 aromatic heterocycles. The number of benzene rings is 4. The van der Waals surface area contributed by atoms with E-state index in [0.717, 1.165) is 6.42 Å². The third kappa shape index (κ3) is 7.33. The molecule has 0 radical (unpaired) electrons. The Hall–Kier alpha value is -6.65. The summed E-state index contributed by atoms with van der Waals surface area (Å²) in [5.74, 6) is -3.66. The van der Waals surface area contributed by atoms with Gasteiger partial charge in [0.25, 0.3) is 11.8 Å². The summed E-state index contributed by atoms with van der Waals surface area (Å²) < 4.78 is 55.8. The molecule has 10 rings (SSSR count). The largest absolute Gasteiger partial charge is 0.453 e. The molecule has 3 atom stereocenters. The van der Waals surface area contributed by atoms with Gasteiger partial charge in [0.2, 0.25) is 0 Å². The second-order valence-corrected chi connectivity index (χ2v) is 17.7. The number of carbonyl (C=O) groups excluding carboxylic acids is 3. The van der Waals surface area contributed by atoms with Crippen molar-refractivity contribution in [3.05, 3.63) is 119 Å². The normalized spacial score (nSPS) is 20.1. The first-order valence-electron chi connectivity index (χ1n) is 21.4. The fourth-order valence-electron chi connectivity index (χ4n) is 9.48. The van der Waals surface area contributed by atoms with E-state index in [2.05, 4.69) is 20.3 Å². The third-order valence-electron chi connectivity index (χ3n) is 12.5. The summed E-state index contributed by atoms with van der Waals surface area (Å²) >= 11 is 0. The van der Waals surface area contributed by atoms with Gasteiger partial charge in [0.15, 0.2) is 5.79 Å². The standard InChI is InChI=1S/C48H47F2N7O7/c1-46(2,3)64-45(60)56-18-8-11-38(56)41-51-25-37(54-41)30-13-16-32-31-15-12-28(21-33(31)48(49,50)34(32)22-30)29-14-17-35-36(23-29)53-42(52-35)39-24-47(62-19-20-63-47)26-57(39)43(58)40(55-44(59)61-4)27-9-6-5-7-10-27/h5-7,9-10,12-17,21-23,25,38-40H,8,11,18-20,24,26H2,1-4H3,(H,51,54)(H,52,53)(H,55,59)/t38?,39-,40+/m0/s1. The van der Waals surface area contributed by atoms with Gasteiger partial charge in [0, 0.05) is 29.7 Å². The molecule has 64 heavy (non-hydrogen) atoms. The van der Waals surface area contributed by atoms with Crippen LogP contribution in [0.5, 0.6) is 0 Å². The van der Waals surface area contributed by atoms with E-state index in [1.165, 1.54) is 13.2 Å². The number of hydrogen-bond acceptors (Lipinski definition) is 9. The van der Waals surface area contributed by atoms with Crippen LogP contribution in [0.4, 0.5) is 18.4 Å². The molecule has 3 N–H and O–H groups in total. The smallest absolute Gasteiger partial charge is 0.410 e. The van der Waals surface area contributed by atoms with Gasteiger partial charge in [0.05, 0.1) is 61.9 Å². The van der Waals surface area contributed by atoms with Crippen LogP contribution < -0.4 is 5.32 Å². The van der Waals surface area contributed by atoms with E-state index < -0.39 is 47.5 Å². The fraction of sp³-hybridized carbons (Fsp3) is 0.354. The molecule has 3 aliphatic heterocycles. The van der Waals surface area contributed by atoms with Gasteiger partial charge in [-0.1, -0.05) is 60.7 Å². The lowest BCUT2D eigenvalue weighted by atomic mass is 9.98. The van der Waals surface area contributed by atoms with Crippen molar-refractivity contribution in [1.29, 1.82) is 0 Å². The van der Waals surface area contributed by atoms with Crippen LogP contribution in [-0.4, -0.2) is 92.6 Å². The van der Waals surface area contributed by atoms with Gasteiger partial charge in [0.1, 0.15) is 23.3 Å². The van der Waals surface area contributed by atoms with Crippen LogP contribution in [0.1, 0.15) is 86.5 Å². The lowest BCUT2D eigenvalue weighted by Gasteiger charge is -2.28. The molecule has 330 valence electrons. The van der Waals surface area contributed by atoms with Crippen molar-refractivity contribution in [3.8, 4) is 33.5 Å². The topological polar surface area (TPSA) is 164 Å². The van der Waals surface area contributed by atoms with Gasteiger partial charge in [-0.15, -0.1) is 0 Å². The molecule has 6 aromatic rings. The predicted molar refractivity (Wildman–Crippen MR) is 231 cm³/mol. The molecule has 4 aromatic carbocycles. The third-order valence-corrected chi connectivity index (χ3v) is 12.5. The Balaban J connectivity index is 0.913. The Morgan fingerprint density at radius 3 is 2.27 bits per heavy atom. The van der Waals surface area contributed by atoms with E-state index >= 15 is 8.78 Å². The number of hydrogen-bond donors (Lipinski definition) is 3. The Labute approximate surface area is 367 Å². The lowest BCUT2D eigenvalue weighted by molar-refractivity contribution is -0.153. The number of halogens is 2. The van der Waals surface area contributed by atoms with Crippen molar-refractivity contribution in [2.75, 3.05) is 33.4 Å². The lowest BCUT2D eigenvalue weighted by Crippen LogP contribution is -2.44. The van der Waals surface area contributed by atoms with Gasteiger partial charge in [-0.2, -0.15) is 8.78 Å². The highest BCUT2D eigenvalue weighted by Gasteiger charge is 2.53. The Kier molecular flexibility index (Phi) is 10.1. The predicted octanol–water partition coefficient (Wildman–Crippen LogP) is 8.93. The quantitative estimate of drug-likeness (QED) is 0.142. The average Bonchev–Trinajstić information content (AvgIpc) is 4.16. The average molecular weight is 872 g/mol. The summed E-state index contributed by atoms with van der Waals surface area (Å²) in [5, 5.41) is 2.69. The van der Waals surface area contributed by atoms with E-state index in [1.54, 1.807) is 58.5 Å². The monoisotopic (exact) mass is 871 g/mol. The summed E-state index contributed by atoms with van der Waals surface area (Å²) in [6.45, 7) is 6.86. The van der Waals surface area contributed by atoms with Crippen molar-refractivity contribution in [3.63, 3.8) is 0 Å². The second-order valence-electron chi connectivity index (χ2n) is 17.7. The Morgan fingerprint density at radius 2 is 1.55 bits per heavy atom. The maximum absolute atomic E-state index is 16.6. The number of nitrogens with zero attached hydrogens (tertiary/aromatic N) is 4. The van der Waals surface area contributed by atoms with E-state index in [4.69, 9.17) is 23.9 Å². The number of H-pyrrole nitrogens is 2. The maximum atomic E-state index is 16.6. The number of imidazole rings is 2. The van der Waals surface area contributed by atoms with E-state index in [-0.39, 0.29) is 23.7 Å². The van der Waals surface area contributed by atoms with Crippen LogP contribution in [0.3, 0.4) is 0 Å². The zero-order chi connectivity index (χ0) is 44.5. The van der Waals surface area contributed by atoms with Crippen molar-refractivity contribution >= 4 is 29.1 Å². The first-order valence-corrected chi connectivity index (χ1v) is 21.4. The summed E-state index contributed by atoms with van der Waals surface area (Å²) in [5.41, 5.74) is 4.33. The minimum absolute atomic E-state index is 0.0951. The number of alkyl halides is 2. The van der Waals surface area contributed by atoms with Gasteiger partial charge in [-0.05, 0) is 85.7 Å². The number of methoxy groups -OCH3 is 1. The molecule has 16 heteroatoms. The minimum atomic E-state index is -3.29. The van der Waals surface area contributed by atoms with Crippen molar-refractivity contribution in [1.82, 2.24) is 35.1 Å². The molecular formula is C48H47F2N7O7. The molecule has 0 bridgehead atoms. The molecule has 4 aliphatic rings. The fourth-order valence-corrected chi connectivity index (χ4v) is 9.48. The summed E-state index contributed by atoms with van der Waals surface area (Å²) in [6, 6.07) is 22.6. The SMILES string of the molecule is COC(=O)N[C@@H](C(=O)N1CC2(C[C@H]1c1nc3ccc(-c4ccc5c(c4)C(F)(F)c4cc(-c6cnc(C7CCCN7C(=O)OC(C)(C)C)[nH]6)ccc4-5)cc3[nH]1)OCCO2)c1ccccc1. The number of ether oxygens (including phenoxy) is 4. The zero-order valence-electron chi connectivity index (χ0n) is 35.7. The summed E-state index contributed by atoms with van der Waals surface area (Å²) in [6.07, 6.45) is 2.26. The molecular weight excluding hydrogens is 825 g/mol. The minimum Gasteiger partial charge on any atom is -0.453 e. The zero-order valence-corrected chi connectivity index (χ0v) is 35.7. The number of alkyl carbamates (subject to hydrolysis) is 1. The Bertz CT molecular complexity index is 2800. The number of aromatic amines is 2. The second kappa shape index (κ2) is 15.6. The van der Waals surface area contributed by atoms with Gasteiger partial charge in [-0.25, -0.2) is 19.6 Å². The molecule has 1 unspecified atom stereocenters. The van der Waals surface area contributed by atoms with Crippen molar-refractivity contribution in [2.24, 2.45) is 0 Å². The van der Waals surface area contributed by atoms with E-state index in [1.807, 2.05) is 57.2 Å². The highest BCUT2D eigenvalue weighted by molar-refractivity contribution is 5.89. The highest BCUT2D eigenvalue weighted by Crippen LogP contribution is 2.53. The molecule has 14 nitrogen and oxygen atoms in total. The number of amides is 3. The molecule has 3 fully saturated rings. The van der Waals surface area contributed by atoms with Crippen LogP contribution in [-0.2, 0) is 29.7 Å². The van der Waals surface area contributed by atoms with Crippen LogP contribution in [0.2, 0.25) is 0 Å². The van der Waals surface area contributed by atoms with Crippen LogP contribution in [0, 0.1) is 0 Å². The van der Waals surface area contributed by atoms with Crippen LogP contribution >= 0.6 is 0 Å². The molecule has 3 amide bonds. The number of nitrogens with one attached hydrogen (secondary N) is 3. The van der Waals surface area contributed by atoms with Crippen molar-refractivity contribution < 1.29 is 42.1 Å². The van der Waals surface area contributed by atoms with Gasteiger partial charge >= 0.3 is 12.2 Å². The summed E-state index contributed by atoms with van der Waals surface area (Å²) in [4.78, 5) is 59.3. The first kappa shape index (κ1) is 41.4. The molecule has 1 spiro atoms. The van der Waals surface area contributed by atoms with E-state index in [0.29, 0.717) is 94.4 Å². The van der Waals surface area contributed by atoms with Crippen molar-refractivity contribution in [2.45, 2.75) is 75.5 Å². The van der Waals surface area contributed by atoms with Crippen LogP contribution in [0.25, 0.3) is 44.5 Å². The molecule has 5 heterocycles. The number of rotatable bonds is 7. The molecule has 1 aliphatic carbocycles. The highest BCUT2D eigenvalue weighted by atomic mass is 19.3. The van der Waals surface area contributed by atoms with Gasteiger partial charge in [-0.3, -0.25) is 9.69 Å². The van der Waals surface area contributed by atoms with Gasteiger partial charge < -0.3 is 39.1 Å². The number of likely N-dealkylation sites (tertiary alicyclic amines) is 2. The van der Waals surface area contributed by atoms with Crippen LogP contribution in [0.15, 0.2) is 91.1 Å². The van der Waals surface area contributed by atoms with E-state index in [9.17, 15) is 14.4 Å². The number of fused-ring (bicyclic) bond motifs is 4. The molecule has 3 saturated heterocycles. The molecule has 0 saturated carbocycles. The maximum Gasteiger partial charge on any atom is 0.410 e. The first-order chi connectivity index (χ1) is 30.7. The number of carbonyl (C=O) groups is 3.